The Kier molecular flexibility index (Phi) is 6.27. The minimum atomic E-state index is -0.822. The molecule has 1 rings (SSSR count). The molecule has 0 bridgehead atoms. The first-order valence-electron chi connectivity index (χ1n) is 6.79. The van der Waals surface area contributed by atoms with Gasteiger partial charge in [-0.1, -0.05) is 6.92 Å². The van der Waals surface area contributed by atoms with E-state index in [-0.39, 0.29) is 17.9 Å². The highest BCUT2D eigenvalue weighted by Crippen LogP contribution is 2.17. The molecule has 0 aliphatic carbocycles. The molecule has 1 saturated heterocycles. The summed E-state index contributed by atoms with van der Waals surface area (Å²) in [6.45, 7) is 3.00. The van der Waals surface area contributed by atoms with Gasteiger partial charge in [0.15, 0.2) is 0 Å². The first kappa shape index (κ1) is 16.3. The van der Waals surface area contributed by atoms with Gasteiger partial charge in [0.05, 0.1) is 18.9 Å². The highest BCUT2D eigenvalue weighted by Gasteiger charge is 2.31. The molecule has 20 heavy (non-hydrogen) atoms. The van der Waals surface area contributed by atoms with Crippen LogP contribution >= 0.6 is 0 Å². The fourth-order valence-corrected chi connectivity index (χ4v) is 2.14. The van der Waals surface area contributed by atoms with E-state index in [2.05, 4.69) is 10.1 Å². The van der Waals surface area contributed by atoms with Gasteiger partial charge in [-0.3, -0.25) is 9.59 Å². The number of methoxy groups -OCH3 is 1. The fourth-order valence-electron chi connectivity index (χ4n) is 2.14. The van der Waals surface area contributed by atoms with Crippen LogP contribution in [0.3, 0.4) is 0 Å². The maximum Gasteiger partial charge on any atom is 0.317 e. The van der Waals surface area contributed by atoms with Crippen LogP contribution < -0.4 is 5.32 Å². The van der Waals surface area contributed by atoms with Crippen molar-refractivity contribution in [2.75, 3.05) is 26.7 Å². The third kappa shape index (κ3) is 4.71. The molecule has 2 atom stereocenters. The number of hydrogen-bond donors (Lipinski definition) is 2. The zero-order valence-corrected chi connectivity index (χ0v) is 11.9. The van der Waals surface area contributed by atoms with Crippen LogP contribution in [0, 0.1) is 11.8 Å². The number of carbonyl (C=O) groups is 3. The van der Waals surface area contributed by atoms with E-state index in [1.54, 1.807) is 11.8 Å². The number of urea groups is 1. The monoisotopic (exact) mass is 286 g/mol. The second-order valence-corrected chi connectivity index (χ2v) is 5.07. The van der Waals surface area contributed by atoms with Gasteiger partial charge in [0.1, 0.15) is 0 Å². The SMILES string of the molecule is COC(=O)C1CCN(C(=O)NCCCC(C)C(=O)O)C1. The summed E-state index contributed by atoms with van der Waals surface area (Å²) in [6, 6.07) is -0.209. The summed E-state index contributed by atoms with van der Waals surface area (Å²) in [5.74, 6) is -1.74. The number of esters is 1. The second-order valence-electron chi connectivity index (χ2n) is 5.07. The van der Waals surface area contributed by atoms with Crippen LogP contribution in [0.1, 0.15) is 26.2 Å². The van der Waals surface area contributed by atoms with E-state index in [1.807, 2.05) is 0 Å². The summed E-state index contributed by atoms with van der Waals surface area (Å²) in [7, 11) is 1.34. The minimum Gasteiger partial charge on any atom is -0.481 e. The molecule has 0 aromatic rings. The van der Waals surface area contributed by atoms with Gasteiger partial charge in [-0.05, 0) is 19.3 Å². The zero-order valence-electron chi connectivity index (χ0n) is 11.9. The Morgan fingerprint density at radius 2 is 2.15 bits per heavy atom. The summed E-state index contributed by atoms with van der Waals surface area (Å²) in [5.41, 5.74) is 0. The predicted octanol–water partition coefficient (Wildman–Crippen LogP) is 0.692. The summed E-state index contributed by atoms with van der Waals surface area (Å²) in [5, 5.41) is 11.5. The van der Waals surface area contributed by atoms with Crippen molar-refractivity contribution in [3.63, 3.8) is 0 Å². The number of carboxylic acid groups (broad SMARTS) is 1. The summed E-state index contributed by atoms with van der Waals surface area (Å²) >= 11 is 0. The van der Waals surface area contributed by atoms with Gasteiger partial charge in [0.2, 0.25) is 0 Å². The van der Waals surface area contributed by atoms with Crippen molar-refractivity contribution in [1.82, 2.24) is 10.2 Å². The largest absolute Gasteiger partial charge is 0.481 e. The van der Waals surface area contributed by atoms with Crippen LogP contribution in [0.2, 0.25) is 0 Å². The number of amides is 2. The molecule has 114 valence electrons. The Balaban J connectivity index is 2.21. The van der Waals surface area contributed by atoms with E-state index in [0.717, 1.165) is 0 Å². The van der Waals surface area contributed by atoms with E-state index in [9.17, 15) is 14.4 Å². The van der Waals surface area contributed by atoms with Crippen molar-refractivity contribution in [2.24, 2.45) is 11.8 Å². The molecule has 1 heterocycles. The number of rotatable bonds is 6. The second kappa shape index (κ2) is 7.72. The summed E-state index contributed by atoms with van der Waals surface area (Å²) in [4.78, 5) is 35.4. The first-order valence-corrected chi connectivity index (χ1v) is 6.79. The van der Waals surface area contributed by atoms with Crippen molar-refractivity contribution in [3.8, 4) is 0 Å². The third-order valence-electron chi connectivity index (χ3n) is 3.52. The van der Waals surface area contributed by atoms with Gasteiger partial charge in [-0.15, -0.1) is 0 Å². The number of nitrogens with one attached hydrogen (secondary N) is 1. The lowest BCUT2D eigenvalue weighted by atomic mass is 10.1. The molecule has 0 aromatic heterocycles. The maximum atomic E-state index is 11.8. The normalized spacial score (nSPS) is 19.5. The molecule has 7 nitrogen and oxygen atoms in total. The molecule has 0 radical (unpaired) electrons. The lowest BCUT2D eigenvalue weighted by Gasteiger charge is -2.17. The van der Waals surface area contributed by atoms with E-state index in [1.165, 1.54) is 7.11 Å². The number of nitrogens with zero attached hydrogens (tertiary/aromatic N) is 1. The van der Waals surface area contributed by atoms with Crippen molar-refractivity contribution < 1.29 is 24.2 Å². The quantitative estimate of drug-likeness (QED) is 0.553. The molecule has 2 unspecified atom stereocenters. The third-order valence-corrected chi connectivity index (χ3v) is 3.52. The minimum absolute atomic E-state index is 0.209. The summed E-state index contributed by atoms with van der Waals surface area (Å²) < 4.78 is 4.66. The average Bonchev–Trinajstić information content (AvgIpc) is 2.91. The molecule has 0 saturated carbocycles. The van der Waals surface area contributed by atoms with Crippen molar-refractivity contribution in [3.05, 3.63) is 0 Å². The molecular weight excluding hydrogens is 264 g/mol. The standard InChI is InChI=1S/C13H22N2O5/c1-9(11(16)17)4-3-6-14-13(19)15-7-5-10(8-15)12(18)20-2/h9-10H,3-8H2,1-2H3,(H,14,19)(H,16,17). The lowest BCUT2D eigenvalue weighted by molar-refractivity contribution is -0.145. The van der Waals surface area contributed by atoms with Gasteiger partial charge in [-0.25, -0.2) is 4.79 Å². The van der Waals surface area contributed by atoms with E-state index >= 15 is 0 Å². The van der Waals surface area contributed by atoms with Gasteiger partial charge in [-0.2, -0.15) is 0 Å². The number of hydrogen-bond acceptors (Lipinski definition) is 4. The number of aliphatic carboxylic acids is 1. The fraction of sp³-hybridized carbons (Fsp3) is 0.769. The summed E-state index contributed by atoms with van der Waals surface area (Å²) in [6.07, 6.45) is 1.77. The van der Waals surface area contributed by atoms with Gasteiger partial charge in [0.25, 0.3) is 0 Å². The molecule has 7 heteroatoms. The van der Waals surface area contributed by atoms with Gasteiger partial charge in [0, 0.05) is 19.6 Å². The van der Waals surface area contributed by atoms with E-state index in [0.29, 0.717) is 38.9 Å². The Hall–Kier alpha value is -1.79. The molecular formula is C13H22N2O5. The Bertz CT molecular complexity index is 372. The highest BCUT2D eigenvalue weighted by atomic mass is 16.5. The highest BCUT2D eigenvalue weighted by molar-refractivity contribution is 5.78. The van der Waals surface area contributed by atoms with Crippen LogP contribution in [0.25, 0.3) is 0 Å². The number of likely N-dealkylation sites (tertiary alicyclic amines) is 1. The number of ether oxygens (including phenoxy) is 1. The molecule has 1 aliphatic heterocycles. The van der Waals surface area contributed by atoms with Crippen molar-refractivity contribution >= 4 is 18.0 Å². The topological polar surface area (TPSA) is 95.9 Å². The van der Waals surface area contributed by atoms with E-state index < -0.39 is 11.9 Å². The average molecular weight is 286 g/mol. The smallest absolute Gasteiger partial charge is 0.317 e. The molecule has 1 fully saturated rings. The number of carboxylic acids is 1. The van der Waals surface area contributed by atoms with Gasteiger partial charge < -0.3 is 20.1 Å². The maximum absolute atomic E-state index is 11.8. The van der Waals surface area contributed by atoms with Crippen molar-refractivity contribution in [2.45, 2.75) is 26.2 Å². The van der Waals surface area contributed by atoms with Crippen molar-refractivity contribution in [1.29, 1.82) is 0 Å². The molecule has 2 N–H and O–H groups in total. The Morgan fingerprint density at radius 1 is 1.45 bits per heavy atom. The van der Waals surface area contributed by atoms with Crippen LogP contribution in [0.15, 0.2) is 0 Å². The zero-order chi connectivity index (χ0) is 15.1. The molecule has 0 spiro atoms. The Labute approximate surface area is 118 Å². The van der Waals surface area contributed by atoms with Crippen LogP contribution in [0.5, 0.6) is 0 Å². The van der Waals surface area contributed by atoms with Gasteiger partial charge >= 0.3 is 18.0 Å². The van der Waals surface area contributed by atoms with Crippen LogP contribution in [-0.4, -0.2) is 54.7 Å². The van der Waals surface area contributed by atoms with Crippen LogP contribution in [0.4, 0.5) is 4.79 Å². The van der Waals surface area contributed by atoms with E-state index in [4.69, 9.17) is 5.11 Å². The Morgan fingerprint density at radius 3 is 2.75 bits per heavy atom. The predicted molar refractivity (Wildman–Crippen MR) is 71.1 cm³/mol. The lowest BCUT2D eigenvalue weighted by Crippen LogP contribution is -2.39. The molecule has 0 aromatic carbocycles. The first-order chi connectivity index (χ1) is 9.45. The molecule has 1 aliphatic rings. The molecule has 2 amide bonds. The number of carbonyl (C=O) groups excluding carboxylic acids is 2. The van der Waals surface area contributed by atoms with Crippen LogP contribution in [-0.2, 0) is 14.3 Å².